The topological polar surface area (TPSA) is 66.1 Å². The molecule has 5 heteroatoms. The van der Waals surface area contributed by atoms with Crippen LogP contribution in [0.1, 0.15) is 12.1 Å². The number of nitrogens with zero attached hydrogens (tertiary/aromatic N) is 1. The molecule has 5 nitrogen and oxygen atoms in total. The number of aromatic nitrogens is 1. The van der Waals surface area contributed by atoms with E-state index < -0.39 is 0 Å². The number of pyridine rings is 1. The molecule has 0 aliphatic carbocycles. The van der Waals surface area contributed by atoms with E-state index in [1.165, 1.54) is 0 Å². The molecule has 1 saturated heterocycles. The fourth-order valence-electron chi connectivity index (χ4n) is 2.50. The summed E-state index contributed by atoms with van der Waals surface area (Å²) in [5, 5.41) is 11.2. The average molecular weight is 270 g/mol. The number of nitrogens with one attached hydrogen (secondary N) is 3. The molecule has 1 aliphatic heterocycles. The zero-order valence-corrected chi connectivity index (χ0v) is 11.4. The lowest BCUT2D eigenvalue weighted by molar-refractivity contribution is 0.249. The quantitative estimate of drug-likeness (QED) is 0.782. The zero-order valence-electron chi connectivity index (χ0n) is 11.4. The summed E-state index contributed by atoms with van der Waals surface area (Å²) < 4.78 is 0. The number of carbonyl (C=O) groups is 1. The van der Waals surface area contributed by atoms with E-state index in [9.17, 15) is 4.79 Å². The van der Waals surface area contributed by atoms with Gasteiger partial charge in [0.1, 0.15) is 0 Å². The van der Waals surface area contributed by atoms with Crippen LogP contribution in [-0.2, 0) is 0 Å². The van der Waals surface area contributed by atoms with Gasteiger partial charge in [0.05, 0.1) is 5.69 Å². The third kappa shape index (κ3) is 2.72. The molecule has 1 unspecified atom stereocenters. The number of fused-ring (bicyclic) bond motifs is 1. The first kappa shape index (κ1) is 12.9. The number of amides is 2. The second-order valence-corrected chi connectivity index (χ2v) is 5.14. The number of aryl methyl sites for hydroxylation is 1. The molecule has 0 spiro atoms. The molecule has 1 atom stereocenters. The van der Waals surface area contributed by atoms with E-state index in [0.717, 1.165) is 41.7 Å². The molecule has 3 N–H and O–H groups in total. The lowest BCUT2D eigenvalue weighted by Gasteiger charge is -2.14. The average Bonchev–Trinajstić information content (AvgIpc) is 2.92. The standard InChI is InChI=1S/C15H18N4O/c1-10-7-13-11(8-17-10)3-2-4-14(13)19-15(20)18-12-5-6-16-9-12/h2-4,7-8,12,16H,5-6,9H2,1H3,(H2,18,19,20). The minimum absolute atomic E-state index is 0.152. The maximum Gasteiger partial charge on any atom is 0.319 e. The lowest BCUT2D eigenvalue weighted by atomic mass is 10.1. The van der Waals surface area contributed by atoms with Gasteiger partial charge < -0.3 is 16.0 Å². The van der Waals surface area contributed by atoms with E-state index in [-0.39, 0.29) is 12.1 Å². The van der Waals surface area contributed by atoms with E-state index in [1.54, 1.807) is 0 Å². The minimum atomic E-state index is -0.152. The fraction of sp³-hybridized carbons (Fsp3) is 0.333. The van der Waals surface area contributed by atoms with Crippen molar-refractivity contribution in [1.29, 1.82) is 0 Å². The van der Waals surface area contributed by atoms with Crippen molar-refractivity contribution in [3.63, 3.8) is 0 Å². The van der Waals surface area contributed by atoms with Crippen molar-refractivity contribution in [2.45, 2.75) is 19.4 Å². The molecule has 1 aliphatic rings. The molecular weight excluding hydrogens is 252 g/mol. The third-order valence-electron chi connectivity index (χ3n) is 3.54. The van der Waals surface area contributed by atoms with Crippen molar-refractivity contribution in [3.8, 4) is 0 Å². The van der Waals surface area contributed by atoms with Gasteiger partial charge in [0.25, 0.3) is 0 Å². The van der Waals surface area contributed by atoms with E-state index in [1.807, 2.05) is 37.4 Å². The molecule has 3 rings (SSSR count). The fourth-order valence-corrected chi connectivity index (χ4v) is 2.50. The molecule has 0 radical (unpaired) electrons. The van der Waals surface area contributed by atoms with Crippen LogP contribution in [0.5, 0.6) is 0 Å². The Bertz CT molecular complexity index is 635. The van der Waals surface area contributed by atoms with Crippen molar-refractivity contribution < 1.29 is 4.79 Å². The number of hydrogen-bond donors (Lipinski definition) is 3. The molecule has 2 amide bonds. The first-order valence-electron chi connectivity index (χ1n) is 6.86. The Labute approximate surface area is 117 Å². The number of benzene rings is 1. The Kier molecular flexibility index (Phi) is 3.52. The molecule has 1 fully saturated rings. The number of anilines is 1. The van der Waals surface area contributed by atoms with Gasteiger partial charge in [-0.25, -0.2) is 4.79 Å². The molecule has 20 heavy (non-hydrogen) atoms. The van der Waals surface area contributed by atoms with Crippen LogP contribution in [0.15, 0.2) is 30.5 Å². The van der Waals surface area contributed by atoms with Crippen LogP contribution in [0.4, 0.5) is 10.5 Å². The Morgan fingerprint density at radius 1 is 1.45 bits per heavy atom. The monoisotopic (exact) mass is 270 g/mol. The second kappa shape index (κ2) is 5.46. The van der Waals surface area contributed by atoms with Gasteiger partial charge in [0.15, 0.2) is 0 Å². The van der Waals surface area contributed by atoms with Gasteiger partial charge in [-0.3, -0.25) is 4.98 Å². The molecule has 1 aromatic heterocycles. The maximum atomic E-state index is 12.0. The molecule has 1 aromatic carbocycles. The Balaban J connectivity index is 1.79. The predicted octanol–water partition coefficient (Wildman–Crippen LogP) is 2.03. The van der Waals surface area contributed by atoms with Crippen LogP contribution in [0, 0.1) is 6.92 Å². The normalized spacial score (nSPS) is 18.1. The highest BCUT2D eigenvalue weighted by molar-refractivity contribution is 6.01. The van der Waals surface area contributed by atoms with Gasteiger partial charge in [0.2, 0.25) is 0 Å². The van der Waals surface area contributed by atoms with Crippen LogP contribution in [-0.4, -0.2) is 30.1 Å². The SMILES string of the molecule is Cc1cc2c(NC(=O)NC3CCNC3)cccc2cn1. The number of carbonyl (C=O) groups excluding carboxylic acids is 1. The summed E-state index contributed by atoms with van der Waals surface area (Å²) in [6.07, 6.45) is 2.81. The molecule has 0 saturated carbocycles. The molecule has 2 heterocycles. The third-order valence-corrected chi connectivity index (χ3v) is 3.54. The zero-order chi connectivity index (χ0) is 13.9. The summed E-state index contributed by atoms with van der Waals surface area (Å²) in [5.41, 5.74) is 1.75. The van der Waals surface area contributed by atoms with Gasteiger partial charge in [-0.1, -0.05) is 12.1 Å². The molecule has 0 bridgehead atoms. The van der Waals surface area contributed by atoms with Crippen LogP contribution in [0.25, 0.3) is 10.8 Å². The summed E-state index contributed by atoms with van der Waals surface area (Å²) in [6.45, 7) is 3.75. The van der Waals surface area contributed by atoms with E-state index in [4.69, 9.17) is 0 Å². The summed E-state index contributed by atoms with van der Waals surface area (Å²) in [4.78, 5) is 16.3. The van der Waals surface area contributed by atoms with E-state index >= 15 is 0 Å². The van der Waals surface area contributed by atoms with Gasteiger partial charge in [-0.05, 0) is 32.0 Å². The van der Waals surface area contributed by atoms with Crippen molar-refractivity contribution in [2.75, 3.05) is 18.4 Å². The van der Waals surface area contributed by atoms with Crippen LogP contribution < -0.4 is 16.0 Å². The van der Waals surface area contributed by atoms with Crippen LogP contribution in [0.3, 0.4) is 0 Å². The molecule has 104 valence electrons. The van der Waals surface area contributed by atoms with E-state index in [2.05, 4.69) is 20.9 Å². The van der Waals surface area contributed by atoms with E-state index in [0.29, 0.717) is 0 Å². The van der Waals surface area contributed by atoms with Crippen LogP contribution >= 0.6 is 0 Å². The predicted molar refractivity (Wildman–Crippen MR) is 79.9 cm³/mol. The van der Waals surface area contributed by atoms with Crippen molar-refractivity contribution in [3.05, 3.63) is 36.2 Å². The van der Waals surface area contributed by atoms with Crippen molar-refractivity contribution in [2.24, 2.45) is 0 Å². The smallest absolute Gasteiger partial charge is 0.319 e. The summed E-state index contributed by atoms with van der Waals surface area (Å²) in [7, 11) is 0. The number of urea groups is 1. The maximum absolute atomic E-state index is 12.0. The largest absolute Gasteiger partial charge is 0.334 e. The highest BCUT2D eigenvalue weighted by Gasteiger charge is 2.16. The van der Waals surface area contributed by atoms with Gasteiger partial charge in [-0.15, -0.1) is 0 Å². The molecule has 2 aromatic rings. The first-order chi connectivity index (χ1) is 9.72. The van der Waals surface area contributed by atoms with Crippen molar-refractivity contribution >= 4 is 22.5 Å². The highest BCUT2D eigenvalue weighted by Crippen LogP contribution is 2.23. The number of rotatable bonds is 2. The second-order valence-electron chi connectivity index (χ2n) is 5.14. The Morgan fingerprint density at radius 3 is 3.15 bits per heavy atom. The minimum Gasteiger partial charge on any atom is -0.334 e. The summed E-state index contributed by atoms with van der Waals surface area (Å²) in [6, 6.07) is 7.88. The molecular formula is C15H18N4O. The number of hydrogen-bond acceptors (Lipinski definition) is 3. The van der Waals surface area contributed by atoms with Crippen molar-refractivity contribution in [1.82, 2.24) is 15.6 Å². The summed E-state index contributed by atoms with van der Waals surface area (Å²) >= 11 is 0. The Morgan fingerprint density at radius 2 is 2.35 bits per heavy atom. The summed E-state index contributed by atoms with van der Waals surface area (Å²) in [5.74, 6) is 0. The van der Waals surface area contributed by atoms with Crippen LogP contribution in [0.2, 0.25) is 0 Å². The highest BCUT2D eigenvalue weighted by atomic mass is 16.2. The van der Waals surface area contributed by atoms with Gasteiger partial charge >= 0.3 is 6.03 Å². The van der Waals surface area contributed by atoms with Gasteiger partial charge in [-0.2, -0.15) is 0 Å². The van der Waals surface area contributed by atoms with Gasteiger partial charge in [0, 0.05) is 35.2 Å². The Hall–Kier alpha value is -2.14. The lowest BCUT2D eigenvalue weighted by Crippen LogP contribution is -2.39. The first-order valence-corrected chi connectivity index (χ1v) is 6.86.